The number of nitrogens with zero attached hydrogens (tertiary/aromatic N) is 3. The Morgan fingerprint density at radius 1 is 1.22 bits per heavy atom. The molecule has 7 heteroatoms. The maximum Gasteiger partial charge on any atom is 0.229 e. The van der Waals surface area contributed by atoms with Crippen LogP contribution in [-0.4, -0.2) is 34.4 Å². The molecule has 0 amide bonds. The molecule has 0 bridgehead atoms. The number of rotatable bonds is 5. The molecule has 2 N–H and O–H groups in total. The summed E-state index contributed by atoms with van der Waals surface area (Å²) in [6.07, 6.45) is 1.76. The summed E-state index contributed by atoms with van der Waals surface area (Å²) in [6.45, 7) is 2.54. The van der Waals surface area contributed by atoms with Crippen LogP contribution < -0.4 is 14.8 Å². The zero-order valence-corrected chi connectivity index (χ0v) is 10.5. The molecule has 0 aromatic carbocycles. The molecule has 2 aromatic heterocycles. The molecule has 0 fully saturated rings. The Bertz CT molecular complexity index is 504. The third-order valence-electron chi connectivity index (χ3n) is 2.47. The highest BCUT2D eigenvalue weighted by atomic mass is 16.5. The van der Waals surface area contributed by atoms with E-state index in [1.165, 1.54) is 0 Å². The normalized spacial score (nSPS) is 10.2. The monoisotopic (exact) mass is 249 g/mol. The van der Waals surface area contributed by atoms with Crippen molar-refractivity contribution in [3.8, 4) is 11.8 Å². The first-order valence-corrected chi connectivity index (χ1v) is 5.42. The van der Waals surface area contributed by atoms with Gasteiger partial charge in [0, 0.05) is 17.8 Å². The van der Waals surface area contributed by atoms with Gasteiger partial charge in [0.05, 0.1) is 26.5 Å². The van der Waals surface area contributed by atoms with Gasteiger partial charge < -0.3 is 14.8 Å². The molecule has 18 heavy (non-hydrogen) atoms. The number of hydrogen-bond acceptors (Lipinski definition) is 6. The summed E-state index contributed by atoms with van der Waals surface area (Å²) in [5.41, 5.74) is 2.07. The fourth-order valence-corrected chi connectivity index (χ4v) is 1.42. The molecule has 0 radical (unpaired) electrons. The van der Waals surface area contributed by atoms with Crippen molar-refractivity contribution in [1.82, 2.24) is 20.2 Å². The van der Waals surface area contributed by atoms with Crippen molar-refractivity contribution in [3.05, 3.63) is 23.5 Å². The highest BCUT2D eigenvalue weighted by Gasteiger charge is 2.06. The Balaban J connectivity index is 2.11. The third kappa shape index (κ3) is 2.68. The van der Waals surface area contributed by atoms with E-state index in [9.17, 15) is 0 Å². The van der Waals surface area contributed by atoms with E-state index in [-0.39, 0.29) is 0 Å². The number of aromatic amines is 1. The lowest BCUT2D eigenvalue weighted by molar-refractivity contribution is 0.373. The molecule has 0 unspecified atom stereocenters. The molecule has 96 valence electrons. The number of H-pyrrole nitrogens is 1. The third-order valence-corrected chi connectivity index (χ3v) is 2.47. The van der Waals surface area contributed by atoms with E-state index in [2.05, 4.69) is 25.5 Å². The van der Waals surface area contributed by atoms with Gasteiger partial charge >= 0.3 is 0 Å². The average molecular weight is 249 g/mol. The van der Waals surface area contributed by atoms with E-state index in [0.29, 0.717) is 24.3 Å². The summed E-state index contributed by atoms with van der Waals surface area (Å²) >= 11 is 0. The molecule has 0 saturated carbocycles. The minimum atomic E-state index is 0.451. The van der Waals surface area contributed by atoms with Crippen molar-refractivity contribution >= 4 is 5.95 Å². The van der Waals surface area contributed by atoms with Crippen LogP contribution in [0.3, 0.4) is 0 Å². The molecular formula is C11H15N5O2. The number of aromatic nitrogens is 4. The molecule has 2 heterocycles. The summed E-state index contributed by atoms with van der Waals surface area (Å²) in [6, 6.07) is 1.62. The molecule has 0 atom stereocenters. The van der Waals surface area contributed by atoms with Gasteiger partial charge in [0.1, 0.15) is 0 Å². The van der Waals surface area contributed by atoms with E-state index in [0.717, 1.165) is 11.3 Å². The van der Waals surface area contributed by atoms with Gasteiger partial charge in [-0.05, 0) is 6.92 Å². The maximum absolute atomic E-state index is 5.07. The topological polar surface area (TPSA) is 85.0 Å². The maximum atomic E-state index is 5.07. The smallest absolute Gasteiger partial charge is 0.229 e. The van der Waals surface area contributed by atoms with E-state index in [1.54, 1.807) is 26.5 Å². The second-order valence-electron chi connectivity index (χ2n) is 3.65. The lowest BCUT2D eigenvalue weighted by Crippen LogP contribution is -2.05. The van der Waals surface area contributed by atoms with Gasteiger partial charge in [-0.3, -0.25) is 5.10 Å². The molecular weight excluding hydrogens is 234 g/mol. The molecule has 7 nitrogen and oxygen atoms in total. The predicted molar refractivity (Wildman–Crippen MR) is 65.8 cm³/mol. The van der Waals surface area contributed by atoms with Crippen LogP contribution in [0.2, 0.25) is 0 Å². The molecule has 0 spiro atoms. The average Bonchev–Trinajstić information content (AvgIpc) is 2.81. The number of aryl methyl sites for hydroxylation is 1. The summed E-state index contributed by atoms with van der Waals surface area (Å²) in [4.78, 5) is 8.35. The van der Waals surface area contributed by atoms with Gasteiger partial charge in [0.2, 0.25) is 17.7 Å². The van der Waals surface area contributed by atoms with Gasteiger partial charge in [-0.15, -0.1) is 0 Å². The fraction of sp³-hybridized carbons (Fsp3) is 0.364. The Labute approximate surface area is 105 Å². The van der Waals surface area contributed by atoms with Crippen molar-refractivity contribution in [1.29, 1.82) is 0 Å². The van der Waals surface area contributed by atoms with Crippen LogP contribution in [-0.2, 0) is 6.54 Å². The summed E-state index contributed by atoms with van der Waals surface area (Å²) in [7, 11) is 3.09. The van der Waals surface area contributed by atoms with Gasteiger partial charge in [-0.25, -0.2) is 0 Å². The van der Waals surface area contributed by atoms with Gasteiger partial charge in [0.15, 0.2) is 0 Å². The van der Waals surface area contributed by atoms with Gasteiger partial charge in [-0.2, -0.15) is 15.1 Å². The van der Waals surface area contributed by atoms with Crippen molar-refractivity contribution < 1.29 is 9.47 Å². The minimum absolute atomic E-state index is 0.451. The van der Waals surface area contributed by atoms with E-state index in [4.69, 9.17) is 9.47 Å². The molecule has 2 aromatic rings. The van der Waals surface area contributed by atoms with Crippen LogP contribution in [0.1, 0.15) is 11.3 Å². The highest BCUT2D eigenvalue weighted by Crippen LogP contribution is 2.17. The summed E-state index contributed by atoms with van der Waals surface area (Å²) in [5, 5.41) is 9.91. The Morgan fingerprint density at radius 3 is 2.39 bits per heavy atom. The highest BCUT2D eigenvalue weighted by molar-refractivity contribution is 5.34. The van der Waals surface area contributed by atoms with E-state index in [1.807, 2.05) is 6.92 Å². The molecule has 0 saturated heterocycles. The minimum Gasteiger partial charge on any atom is -0.481 e. The van der Waals surface area contributed by atoms with Crippen LogP contribution in [0.25, 0.3) is 0 Å². The Hall–Kier alpha value is -2.31. The zero-order valence-electron chi connectivity index (χ0n) is 10.5. The fourth-order valence-electron chi connectivity index (χ4n) is 1.42. The van der Waals surface area contributed by atoms with Crippen molar-refractivity contribution in [3.63, 3.8) is 0 Å². The van der Waals surface area contributed by atoms with Crippen molar-refractivity contribution in [2.75, 3.05) is 19.5 Å². The molecule has 0 aliphatic carbocycles. The molecule has 2 rings (SSSR count). The van der Waals surface area contributed by atoms with Crippen LogP contribution in [0.15, 0.2) is 12.3 Å². The van der Waals surface area contributed by atoms with Crippen molar-refractivity contribution in [2.45, 2.75) is 13.5 Å². The summed E-state index contributed by atoms with van der Waals surface area (Å²) < 4.78 is 10.1. The predicted octanol–water partition coefficient (Wildman–Crippen LogP) is 1.14. The number of methoxy groups -OCH3 is 2. The number of anilines is 1. The first-order chi connectivity index (χ1) is 8.72. The standard InChI is InChI=1S/C11H15N5O2/c1-7-8(6-13-16-7)5-12-11-14-9(17-2)4-10(15-11)18-3/h4,6H,5H2,1-3H3,(H,13,16)(H,12,14,15). The lowest BCUT2D eigenvalue weighted by atomic mass is 10.3. The Kier molecular flexibility index (Phi) is 3.61. The van der Waals surface area contributed by atoms with Crippen molar-refractivity contribution in [2.24, 2.45) is 0 Å². The number of ether oxygens (including phenoxy) is 2. The first-order valence-electron chi connectivity index (χ1n) is 5.42. The second-order valence-corrected chi connectivity index (χ2v) is 3.65. The number of nitrogens with one attached hydrogen (secondary N) is 2. The quantitative estimate of drug-likeness (QED) is 0.826. The van der Waals surface area contributed by atoms with E-state index >= 15 is 0 Å². The lowest BCUT2D eigenvalue weighted by Gasteiger charge is -2.07. The Morgan fingerprint density at radius 2 is 1.89 bits per heavy atom. The molecule has 0 aliphatic rings. The van der Waals surface area contributed by atoms with E-state index < -0.39 is 0 Å². The SMILES string of the molecule is COc1cc(OC)nc(NCc2cn[nH]c2C)n1. The van der Waals surface area contributed by atoms with Crippen LogP contribution in [0.5, 0.6) is 11.8 Å². The largest absolute Gasteiger partial charge is 0.481 e. The van der Waals surface area contributed by atoms with Crippen LogP contribution in [0.4, 0.5) is 5.95 Å². The summed E-state index contributed by atoms with van der Waals surface area (Å²) in [5.74, 6) is 1.35. The first kappa shape index (κ1) is 12.2. The van der Waals surface area contributed by atoms with Gasteiger partial charge in [-0.1, -0.05) is 0 Å². The number of hydrogen-bond donors (Lipinski definition) is 2. The molecule has 0 aliphatic heterocycles. The zero-order chi connectivity index (χ0) is 13.0. The second kappa shape index (κ2) is 5.35. The van der Waals surface area contributed by atoms with Crippen LogP contribution in [0, 0.1) is 6.92 Å². The van der Waals surface area contributed by atoms with Gasteiger partial charge in [0.25, 0.3) is 0 Å². The van der Waals surface area contributed by atoms with Crippen LogP contribution >= 0.6 is 0 Å².